The molecule has 0 aliphatic carbocycles. The van der Waals surface area contributed by atoms with Gasteiger partial charge >= 0.3 is 11.9 Å². The number of fused-ring (bicyclic) bond motifs is 1. The number of carbonyl (C=O) groups is 2. The van der Waals surface area contributed by atoms with E-state index < -0.39 is 5.97 Å². The van der Waals surface area contributed by atoms with Crippen molar-refractivity contribution in [1.29, 1.82) is 0 Å². The van der Waals surface area contributed by atoms with Crippen LogP contribution in [-0.2, 0) is 27.3 Å². The first kappa shape index (κ1) is 18.4. The number of aryl methyl sites for hydroxylation is 1. The fourth-order valence-corrected chi connectivity index (χ4v) is 2.45. The summed E-state index contributed by atoms with van der Waals surface area (Å²) in [5.41, 5.74) is 2.39. The first-order valence-corrected chi connectivity index (χ1v) is 8.53. The lowest BCUT2D eigenvalue weighted by atomic mass is 10.2. The first-order valence-electron chi connectivity index (χ1n) is 8.53. The monoisotopic (exact) mass is 365 g/mol. The molecule has 27 heavy (non-hydrogen) atoms. The zero-order valence-corrected chi connectivity index (χ0v) is 14.7. The van der Waals surface area contributed by atoms with Crippen LogP contribution in [0.2, 0.25) is 0 Å². The van der Waals surface area contributed by atoms with Gasteiger partial charge in [0.05, 0.1) is 12.0 Å². The standard InChI is InChI=1S/C21H19NO5/c1-2-12-25-20(23)11-10-19-22-17-13-16(8-9-18(17)27-19)21(24)26-14-15-6-4-3-5-7-15/h2-9,13H,1,10-12,14H2. The Labute approximate surface area is 156 Å². The van der Waals surface area contributed by atoms with E-state index in [1.807, 2.05) is 30.3 Å². The van der Waals surface area contributed by atoms with E-state index in [4.69, 9.17) is 13.9 Å². The lowest BCUT2D eigenvalue weighted by Crippen LogP contribution is -2.05. The molecule has 0 spiro atoms. The molecule has 2 aromatic carbocycles. The highest BCUT2D eigenvalue weighted by atomic mass is 16.5. The van der Waals surface area contributed by atoms with Gasteiger partial charge < -0.3 is 13.9 Å². The van der Waals surface area contributed by atoms with E-state index >= 15 is 0 Å². The molecule has 0 saturated carbocycles. The second-order valence-corrected chi connectivity index (χ2v) is 5.82. The molecule has 0 N–H and O–H groups in total. The van der Waals surface area contributed by atoms with Crippen LogP contribution in [0.1, 0.15) is 28.2 Å². The number of benzene rings is 2. The van der Waals surface area contributed by atoms with Crippen molar-refractivity contribution < 1.29 is 23.5 Å². The van der Waals surface area contributed by atoms with Crippen molar-refractivity contribution in [2.45, 2.75) is 19.4 Å². The molecule has 6 nitrogen and oxygen atoms in total. The SMILES string of the molecule is C=CCOC(=O)CCc1nc2cc(C(=O)OCc3ccccc3)ccc2o1. The average molecular weight is 365 g/mol. The van der Waals surface area contributed by atoms with E-state index in [1.54, 1.807) is 18.2 Å². The van der Waals surface area contributed by atoms with Crippen LogP contribution >= 0.6 is 0 Å². The van der Waals surface area contributed by atoms with E-state index in [0.29, 0.717) is 29.0 Å². The topological polar surface area (TPSA) is 78.6 Å². The van der Waals surface area contributed by atoms with Crippen molar-refractivity contribution >= 4 is 23.0 Å². The number of nitrogens with zero attached hydrogens (tertiary/aromatic N) is 1. The molecule has 1 aromatic heterocycles. The van der Waals surface area contributed by atoms with Crippen LogP contribution in [0.25, 0.3) is 11.1 Å². The van der Waals surface area contributed by atoms with Crippen molar-refractivity contribution in [3.63, 3.8) is 0 Å². The highest BCUT2D eigenvalue weighted by molar-refractivity contribution is 5.93. The molecule has 0 saturated heterocycles. The summed E-state index contributed by atoms with van der Waals surface area (Å²) in [6, 6.07) is 14.4. The van der Waals surface area contributed by atoms with Gasteiger partial charge in [-0.05, 0) is 23.8 Å². The van der Waals surface area contributed by atoms with E-state index in [2.05, 4.69) is 11.6 Å². The quantitative estimate of drug-likeness (QED) is 0.446. The minimum atomic E-state index is -0.432. The van der Waals surface area contributed by atoms with Gasteiger partial charge in [0.15, 0.2) is 11.5 Å². The van der Waals surface area contributed by atoms with Gasteiger partial charge in [0.2, 0.25) is 0 Å². The average Bonchev–Trinajstić information content (AvgIpc) is 3.11. The molecule has 0 fully saturated rings. The molecule has 138 valence electrons. The maximum absolute atomic E-state index is 12.2. The molecule has 6 heteroatoms. The minimum absolute atomic E-state index is 0.159. The fourth-order valence-electron chi connectivity index (χ4n) is 2.45. The lowest BCUT2D eigenvalue weighted by Gasteiger charge is -2.04. The van der Waals surface area contributed by atoms with Gasteiger partial charge in [0.1, 0.15) is 18.7 Å². The Morgan fingerprint density at radius 2 is 1.93 bits per heavy atom. The van der Waals surface area contributed by atoms with Crippen LogP contribution in [0.15, 0.2) is 65.6 Å². The summed E-state index contributed by atoms with van der Waals surface area (Å²) in [5, 5.41) is 0. The van der Waals surface area contributed by atoms with E-state index in [9.17, 15) is 9.59 Å². The third-order valence-corrected chi connectivity index (χ3v) is 3.79. The predicted octanol–water partition coefficient (Wildman–Crippen LogP) is 3.85. The number of ether oxygens (including phenoxy) is 2. The summed E-state index contributed by atoms with van der Waals surface area (Å²) in [6.07, 6.45) is 1.99. The molecule has 0 bridgehead atoms. The molecule has 0 aliphatic heterocycles. The van der Waals surface area contributed by atoms with E-state index in [0.717, 1.165) is 5.56 Å². The van der Waals surface area contributed by atoms with E-state index in [-0.39, 0.29) is 25.6 Å². The Balaban J connectivity index is 1.62. The Hall–Kier alpha value is -3.41. The van der Waals surface area contributed by atoms with Crippen molar-refractivity contribution in [2.24, 2.45) is 0 Å². The maximum Gasteiger partial charge on any atom is 0.338 e. The molecule has 0 unspecified atom stereocenters. The second kappa shape index (κ2) is 8.80. The largest absolute Gasteiger partial charge is 0.461 e. The van der Waals surface area contributed by atoms with Crippen LogP contribution in [0, 0.1) is 0 Å². The number of hydrogen-bond acceptors (Lipinski definition) is 6. The number of aromatic nitrogens is 1. The summed E-state index contributed by atoms with van der Waals surface area (Å²) in [5.74, 6) is -0.365. The van der Waals surface area contributed by atoms with Crippen LogP contribution in [0.5, 0.6) is 0 Å². The van der Waals surface area contributed by atoms with Gasteiger partial charge in [-0.3, -0.25) is 4.79 Å². The van der Waals surface area contributed by atoms with Gasteiger partial charge in [-0.25, -0.2) is 9.78 Å². The number of esters is 2. The molecule has 0 atom stereocenters. The molecular formula is C21H19NO5. The zero-order valence-electron chi connectivity index (χ0n) is 14.7. The molecule has 0 radical (unpaired) electrons. The third kappa shape index (κ3) is 5.04. The number of oxazole rings is 1. The fraction of sp³-hybridized carbons (Fsp3) is 0.190. The summed E-state index contributed by atoms with van der Waals surface area (Å²) in [4.78, 5) is 28.1. The summed E-state index contributed by atoms with van der Waals surface area (Å²) < 4.78 is 15.8. The van der Waals surface area contributed by atoms with Crippen molar-refractivity contribution in [3.8, 4) is 0 Å². The van der Waals surface area contributed by atoms with Crippen LogP contribution in [-0.4, -0.2) is 23.5 Å². The molecule has 3 rings (SSSR count). The maximum atomic E-state index is 12.2. The highest BCUT2D eigenvalue weighted by Crippen LogP contribution is 2.19. The van der Waals surface area contributed by atoms with Gasteiger partial charge in [-0.15, -0.1) is 0 Å². The minimum Gasteiger partial charge on any atom is -0.461 e. The second-order valence-electron chi connectivity index (χ2n) is 5.82. The summed E-state index contributed by atoms with van der Waals surface area (Å²) >= 11 is 0. The predicted molar refractivity (Wildman–Crippen MR) is 99.0 cm³/mol. The van der Waals surface area contributed by atoms with Crippen LogP contribution < -0.4 is 0 Å². The molecule has 0 amide bonds. The third-order valence-electron chi connectivity index (χ3n) is 3.79. The molecule has 3 aromatic rings. The van der Waals surface area contributed by atoms with Crippen LogP contribution in [0.3, 0.4) is 0 Å². The van der Waals surface area contributed by atoms with Crippen LogP contribution in [0.4, 0.5) is 0 Å². The van der Waals surface area contributed by atoms with Gasteiger partial charge in [0, 0.05) is 6.42 Å². The Kier molecular flexibility index (Phi) is 5.99. The lowest BCUT2D eigenvalue weighted by molar-refractivity contribution is -0.142. The van der Waals surface area contributed by atoms with Crippen molar-refractivity contribution in [3.05, 3.63) is 78.2 Å². The summed E-state index contributed by atoms with van der Waals surface area (Å²) in [7, 11) is 0. The smallest absolute Gasteiger partial charge is 0.338 e. The molecule has 1 heterocycles. The molecule has 0 aliphatic rings. The number of rotatable bonds is 8. The number of carbonyl (C=O) groups excluding carboxylic acids is 2. The Morgan fingerprint density at radius 1 is 1.11 bits per heavy atom. The number of hydrogen-bond donors (Lipinski definition) is 0. The first-order chi connectivity index (χ1) is 13.2. The Bertz CT molecular complexity index is 946. The Morgan fingerprint density at radius 3 is 2.70 bits per heavy atom. The van der Waals surface area contributed by atoms with Gasteiger partial charge in [-0.1, -0.05) is 43.0 Å². The van der Waals surface area contributed by atoms with Crippen molar-refractivity contribution in [2.75, 3.05) is 6.61 Å². The normalized spacial score (nSPS) is 10.5. The molecular weight excluding hydrogens is 346 g/mol. The van der Waals surface area contributed by atoms with Gasteiger partial charge in [0.25, 0.3) is 0 Å². The van der Waals surface area contributed by atoms with Gasteiger partial charge in [-0.2, -0.15) is 0 Å². The highest BCUT2D eigenvalue weighted by Gasteiger charge is 2.13. The van der Waals surface area contributed by atoms with E-state index in [1.165, 1.54) is 6.08 Å². The van der Waals surface area contributed by atoms with Crippen molar-refractivity contribution in [1.82, 2.24) is 4.98 Å². The summed E-state index contributed by atoms with van der Waals surface area (Å²) in [6.45, 7) is 3.87. The zero-order chi connectivity index (χ0) is 19.1.